The minimum atomic E-state index is 0.777. The summed E-state index contributed by atoms with van der Waals surface area (Å²) in [5.74, 6) is 0. The Kier molecular flexibility index (Phi) is 2.88. The molecule has 3 heterocycles. The Bertz CT molecular complexity index is 1480. The summed E-state index contributed by atoms with van der Waals surface area (Å²) in [6.45, 7) is 0. The number of benzene rings is 3. The second-order valence-corrected chi connectivity index (χ2v) is 6.68. The quantitative estimate of drug-likeness (QED) is 0.326. The van der Waals surface area contributed by atoms with E-state index in [1.807, 2.05) is 36.5 Å². The predicted molar refractivity (Wildman–Crippen MR) is 110 cm³/mol. The van der Waals surface area contributed by atoms with Gasteiger partial charge in [0.1, 0.15) is 11.3 Å². The van der Waals surface area contributed by atoms with Crippen LogP contribution in [-0.4, -0.2) is 9.97 Å². The number of rotatable bonds is 1. The van der Waals surface area contributed by atoms with E-state index in [2.05, 4.69) is 53.5 Å². The molecule has 3 aromatic heterocycles. The van der Waals surface area contributed by atoms with Gasteiger partial charge in [-0.15, -0.1) is 0 Å². The van der Waals surface area contributed by atoms with E-state index in [1.54, 1.807) is 0 Å². The van der Waals surface area contributed by atoms with Crippen LogP contribution >= 0.6 is 0 Å². The Morgan fingerprint density at radius 3 is 2.44 bits per heavy atom. The van der Waals surface area contributed by atoms with Gasteiger partial charge in [0.2, 0.25) is 0 Å². The van der Waals surface area contributed by atoms with Crippen molar-refractivity contribution in [3.8, 4) is 11.4 Å². The van der Waals surface area contributed by atoms with E-state index < -0.39 is 0 Å². The molecule has 0 N–H and O–H groups in total. The first kappa shape index (κ1) is 14.4. The average molecular weight is 346 g/mol. The maximum absolute atomic E-state index is 6.12. The second-order valence-electron chi connectivity index (χ2n) is 6.68. The number of pyridine rings is 2. The molecule has 0 atom stereocenters. The molecule has 3 heteroatoms. The summed E-state index contributed by atoms with van der Waals surface area (Å²) in [6, 6.07) is 26.8. The number of hydrogen-bond donors (Lipinski definition) is 0. The molecule has 0 spiro atoms. The van der Waals surface area contributed by atoms with Gasteiger partial charge in [0.15, 0.2) is 5.58 Å². The monoisotopic (exact) mass is 346 g/mol. The molecule has 126 valence electrons. The SMILES string of the molecule is c1ccc2c(c1)ccc1nc(-c3nccc4c3oc3ccccc34)ccc12. The molecular weight excluding hydrogens is 332 g/mol. The van der Waals surface area contributed by atoms with Crippen LogP contribution in [0.25, 0.3) is 55.0 Å². The summed E-state index contributed by atoms with van der Waals surface area (Å²) in [7, 11) is 0. The van der Waals surface area contributed by atoms with Crippen molar-refractivity contribution >= 4 is 43.6 Å². The molecule has 0 aliphatic rings. The summed E-state index contributed by atoms with van der Waals surface area (Å²) in [5, 5.41) is 5.74. The molecule has 0 saturated carbocycles. The number of para-hydroxylation sites is 1. The highest BCUT2D eigenvalue weighted by atomic mass is 16.3. The molecular formula is C24H14N2O. The molecule has 3 nitrogen and oxygen atoms in total. The zero-order valence-electron chi connectivity index (χ0n) is 14.4. The molecule has 0 amide bonds. The number of aromatic nitrogens is 2. The highest BCUT2D eigenvalue weighted by Gasteiger charge is 2.14. The Hall–Kier alpha value is -3.72. The first-order chi connectivity index (χ1) is 13.4. The second kappa shape index (κ2) is 5.39. The van der Waals surface area contributed by atoms with Crippen molar-refractivity contribution in [3.63, 3.8) is 0 Å². The van der Waals surface area contributed by atoms with Crippen LogP contribution < -0.4 is 0 Å². The summed E-state index contributed by atoms with van der Waals surface area (Å²) in [6.07, 6.45) is 1.83. The first-order valence-electron chi connectivity index (χ1n) is 8.94. The number of nitrogens with zero attached hydrogens (tertiary/aromatic N) is 2. The lowest BCUT2D eigenvalue weighted by Gasteiger charge is -2.06. The number of hydrogen-bond acceptors (Lipinski definition) is 3. The molecule has 0 aliphatic heterocycles. The Morgan fingerprint density at radius 1 is 0.630 bits per heavy atom. The van der Waals surface area contributed by atoms with Crippen molar-refractivity contribution in [2.75, 3.05) is 0 Å². The van der Waals surface area contributed by atoms with Crippen LogP contribution in [0.5, 0.6) is 0 Å². The van der Waals surface area contributed by atoms with Crippen LogP contribution in [0, 0.1) is 0 Å². The van der Waals surface area contributed by atoms with E-state index in [1.165, 1.54) is 10.8 Å². The van der Waals surface area contributed by atoms with E-state index in [4.69, 9.17) is 9.40 Å². The summed E-state index contributed by atoms with van der Waals surface area (Å²) in [4.78, 5) is 9.48. The maximum Gasteiger partial charge on any atom is 0.163 e. The minimum absolute atomic E-state index is 0.777. The maximum atomic E-state index is 6.12. The van der Waals surface area contributed by atoms with Gasteiger partial charge < -0.3 is 4.42 Å². The minimum Gasteiger partial charge on any atom is -0.454 e. The first-order valence-corrected chi connectivity index (χ1v) is 8.94. The van der Waals surface area contributed by atoms with Crippen molar-refractivity contribution in [1.82, 2.24) is 9.97 Å². The zero-order chi connectivity index (χ0) is 17.8. The molecule has 3 aromatic carbocycles. The van der Waals surface area contributed by atoms with E-state index in [0.717, 1.165) is 44.2 Å². The van der Waals surface area contributed by atoms with Gasteiger partial charge in [-0.2, -0.15) is 0 Å². The van der Waals surface area contributed by atoms with Crippen LogP contribution in [-0.2, 0) is 0 Å². The van der Waals surface area contributed by atoms with Crippen molar-refractivity contribution in [3.05, 3.63) is 85.1 Å². The molecule has 0 saturated heterocycles. The fraction of sp³-hybridized carbons (Fsp3) is 0. The Labute approximate surface area is 154 Å². The third-order valence-electron chi connectivity index (χ3n) is 5.13. The van der Waals surface area contributed by atoms with Crippen molar-refractivity contribution < 1.29 is 4.42 Å². The van der Waals surface area contributed by atoms with Crippen LogP contribution in [0.1, 0.15) is 0 Å². The Balaban J connectivity index is 1.64. The fourth-order valence-electron chi connectivity index (χ4n) is 3.85. The van der Waals surface area contributed by atoms with Gasteiger partial charge in [0.05, 0.1) is 11.2 Å². The predicted octanol–water partition coefficient (Wildman–Crippen LogP) is 6.35. The van der Waals surface area contributed by atoms with Crippen LogP contribution in [0.2, 0.25) is 0 Å². The van der Waals surface area contributed by atoms with Crippen LogP contribution in [0.15, 0.2) is 89.5 Å². The number of furan rings is 1. The molecule has 0 bridgehead atoms. The van der Waals surface area contributed by atoms with Gasteiger partial charge in [-0.3, -0.25) is 4.98 Å². The van der Waals surface area contributed by atoms with E-state index >= 15 is 0 Å². The van der Waals surface area contributed by atoms with Gasteiger partial charge in [0, 0.05) is 22.4 Å². The van der Waals surface area contributed by atoms with E-state index in [0.29, 0.717) is 0 Å². The lowest BCUT2D eigenvalue weighted by atomic mass is 10.0. The van der Waals surface area contributed by atoms with Crippen LogP contribution in [0.3, 0.4) is 0 Å². The third-order valence-corrected chi connectivity index (χ3v) is 5.13. The van der Waals surface area contributed by atoms with Gasteiger partial charge in [-0.1, -0.05) is 48.5 Å². The standard InChI is InChI=1S/C24H14N2O/c1-2-6-16-15(5-1)9-11-20-17(16)10-12-21(26-20)23-24-19(13-14-25-23)18-7-3-4-8-22(18)27-24/h1-14H. The van der Waals surface area contributed by atoms with Crippen molar-refractivity contribution in [2.24, 2.45) is 0 Å². The highest BCUT2D eigenvalue weighted by molar-refractivity contribution is 6.09. The fourth-order valence-corrected chi connectivity index (χ4v) is 3.85. The molecule has 0 unspecified atom stereocenters. The third kappa shape index (κ3) is 2.09. The molecule has 6 rings (SSSR count). The molecule has 0 fully saturated rings. The highest BCUT2D eigenvalue weighted by Crippen LogP contribution is 2.34. The average Bonchev–Trinajstić information content (AvgIpc) is 3.12. The normalized spacial score (nSPS) is 11.7. The van der Waals surface area contributed by atoms with Crippen molar-refractivity contribution in [1.29, 1.82) is 0 Å². The smallest absolute Gasteiger partial charge is 0.163 e. The van der Waals surface area contributed by atoms with Gasteiger partial charge >= 0.3 is 0 Å². The van der Waals surface area contributed by atoms with E-state index in [-0.39, 0.29) is 0 Å². The molecule has 0 aliphatic carbocycles. The molecule has 0 radical (unpaired) electrons. The van der Waals surface area contributed by atoms with Crippen LogP contribution in [0.4, 0.5) is 0 Å². The van der Waals surface area contributed by atoms with Gasteiger partial charge in [0.25, 0.3) is 0 Å². The zero-order valence-corrected chi connectivity index (χ0v) is 14.4. The summed E-state index contributed by atoms with van der Waals surface area (Å²) in [5.41, 5.74) is 4.21. The van der Waals surface area contributed by atoms with Crippen molar-refractivity contribution in [2.45, 2.75) is 0 Å². The molecule has 6 aromatic rings. The Morgan fingerprint density at radius 2 is 1.48 bits per heavy atom. The largest absolute Gasteiger partial charge is 0.454 e. The summed E-state index contributed by atoms with van der Waals surface area (Å²) >= 11 is 0. The van der Waals surface area contributed by atoms with E-state index in [9.17, 15) is 0 Å². The topological polar surface area (TPSA) is 38.9 Å². The number of fused-ring (bicyclic) bond motifs is 6. The van der Waals surface area contributed by atoms with Gasteiger partial charge in [-0.25, -0.2) is 4.98 Å². The van der Waals surface area contributed by atoms with Gasteiger partial charge in [-0.05, 0) is 41.1 Å². The lowest BCUT2D eigenvalue weighted by molar-refractivity contribution is 0.668. The summed E-state index contributed by atoms with van der Waals surface area (Å²) < 4.78 is 6.12. The lowest BCUT2D eigenvalue weighted by Crippen LogP contribution is -1.89. The molecule has 27 heavy (non-hydrogen) atoms.